The van der Waals surface area contributed by atoms with Gasteiger partial charge >= 0.3 is 12.1 Å². The van der Waals surface area contributed by atoms with Crippen LogP contribution in [0, 0.1) is 18.8 Å². The lowest BCUT2D eigenvalue weighted by molar-refractivity contribution is -0.145. The second-order valence-electron chi connectivity index (χ2n) is 13.6. The van der Waals surface area contributed by atoms with Gasteiger partial charge in [-0.15, -0.1) is 0 Å². The number of alkyl carbamates (subject to hydrolysis) is 1. The number of amides is 2. The lowest BCUT2D eigenvalue weighted by Crippen LogP contribution is -2.49. The van der Waals surface area contributed by atoms with Gasteiger partial charge in [0.05, 0.1) is 16.9 Å². The summed E-state index contributed by atoms with van der Waals surface area (Å²) in [6.07, 6.45) is 0.0140. The summed E-state index contributed by atoms with van der Waals surface area (Å²) in [6.45, 7) is 7.57. The number of halogens is 2. The molecule has 13 nitrogen and oxygen atoms in total. The molecule has 48 heavy (non-hydrogen) atoms. The number of anilines is 2. The van der Waals surface area contributed by atoms with E-state index in [9.17, 15) is 27.9 Å². The summed E-state index contributed by atoms with van der Waals surface area (Å²) in [4.78, 5) is 47.9. The predicted molar refractivity (Wildman–Crippen MR) is 171 cm³/mol. The Morgan fingerprint density at radius 1 is 1.00 bits per heavy atom. The van der Waals surface area contributed by atoms with E-state index in [-0.39, 0.29) is 81.6 Å². The highest BCUT2D eigenvalue weighted by Gasteiger charge is 2.46. The zero-order valence-corrected chi connectivity index (χ0v) is 28.3. The molecule has 3 heterocycles. The highest BCUT2D eigenvalue weighted by molar-refractivity contribution is 7.89. The number of nitrogens with one attached hydrogen (secondary N) is 1. The SMILES string of the molecule is Cc1cc(C(F)(F)[C@H]2CC[C@H](C(=O)O)CC2)nc(N2CCN(S(=O)(=O)c3ccc(N4C[C@H](NC(=O)OC(C)(C)C)CC4=O)cc3)CC2)n1. The van der Waals surface area contributed by atoms with Crippen molar-refractivity contribution in [2.45, 2.75) is 82.3 Å². The van der Waals surface area contributed by atoms with E-state index in [1.54, 1.807) is 44.7 Å². The van der Waals surface area contributed by atoms with Crippen LogP contribution in [-0.2, 0) is 30.3 Å². The zero-order chi connectivity index (χ0) is 35.0. The quantitative estimate of drug-likeness (QED) is 0.415. The van der Waals surface area contributed by atoms with Crippen LogP contribution >= 0.6 is 0 Å². The highest BCUT2D eigenvalue weighted by atomic mass is 32.2. The number of rotatable bonds is 8. The van der Waals surface area contributed by atoms with Gasteiger partial charge in [0.25, 0.3) is 5.92 Å². The van der Waals surface area contributed by atoms with Crippen molar-refractivity contribution >= 4 is 39.6 Å². The third kappa shape index (κ3) is 7.86. The highest BCUT2D eigenvalue weighted by Crippen LogP contribution is 2.44. The van der Waals surface area contributed by atoms with E-state index in [1.807, 2.05) is 0 Å². The number of carboxylic acid groups (broad SMARTS) is 1. The summed E-state index contributed by atoms with van der Waals surface area (Å²) in [5, 5.41) is 11.9. The minimum Gasteiger partial charge on any atom is -0.481 e. The van der Waals surface area contributed by atoms with Crippen molar-refractivity contribution in [3.05, 3.63) is 41.7 Å². The van der Waals surface area contributed by atoms with E-state index < -0.39 is 57.2 Å². The van der Waals surface area contributed by atoms with Crippen molar-refractivity contribution in [2.24, 2.45) is 11.8 Å². The maximum atomic E-state index is 15.6. The molecule has 2 N–H and O–H groups in total. The number of carboxylic acids is 1. The first-order chi connectivity index (χ1) is 22.4. The minimum absolute atomic E-state index is 0.0427. The average molecular weight is 693 g/mol. The van der Waals surface area contributed by atoms with E-state index >= 15 is 8.78 Å². The maximum Gasteiger partial charge on any atom is 0.407 e. The first-order valence-electron chi connectivity index (χ1n) is 16.1. The van der Waals surface area contributed by atoms with Crippen molar-refractivity contribution in [2.75, 3.05) is 42.5 Å². The van der Waals surface area contributed by atoms with Crippen molar-refractivity contribution in [1.29, 1.82) is 0 Å². The molecule has 16 heteroatoms. The number of aryl methyl sites for hydroxylation is 1. The number of nitrogens with zero attached hydrogens (tertiary/aromatic N) is 5. The fraction of sp³-hybridized carbons (Fsp3) is 0.594. The van der Waals surface area contributed by atoms with Crippen LogP contribution in [-0.4, -0.2) is 90.1 Å². The smallest absolute Gasteiger partial charge is 0.407 e. The molecule has 3 aliphatic rings. The Morgan fingerprint density at radius 3 is 2.21 bits per heavy atom. The number of ether oxygens (including phenoxy) is 1. The van der Waals surface area contributed by atoms with Crippen molar-refractivity contribution in [1.82, 2.24) is 19.6 Å². The topological polar surface area (TPSA) is 162 Å². The molecule has 0 bridgehead atoms. The Balaban J connectivity index is 1.20. The van der Waals surface area contributed by atoms with Gasteiger partial charge in [-0.1, -0.05) is 0 Å². The van der Waals surface area contributed by atoms with Crippen LogP contribution in [0.5, 0.6) is 0 Å². The molecule has 262 valence electrons. The molecule has 2 saturated heterocycles. The van der Waals surface area contributed by atoms with E-state index in [4.69, 9.17) is 4.74 Å². The molecule has 1 aromatic heterocycles. The second kappa shape index (κ2) is 13.5. The van der Waals surface area contributed by atoms with Gasteiger partial charge in [-0.2, -0.15) is 13.1 Å². The molecule has 2 aliphatic heterocycles. The number of benzene rings is 1. The fourth-order valence-corrected chi connectivity index (χ4v) is 7.80. The summed E-state index contributed by atoms with van der Waals surface area (Å²) in [6, 6.07) is 6.76. The van der Waals surface area contributed by atoms with Gasteiger partial charge in [-0.05, 0) is 83.7 Å². The third-order valence-electron chi connectivity index (χ3n) is 8.93. The molecule has 1 aromatic carbocycles. The number of sulfonamides is 1. The minimum atomic E-state index is -3.90. The van der Waals surface area contributed by atoms with Gasteiger partial charge in [-0.25, -0.2) is 23.2 Å². The molecule has 2 aromatic rings. The van der Waals surface area contributed by atoms with E-state index in [1.165, 1.54) is 27.4 Å². The summed E-state index contributed by atoms with van der Waals surface area (Å²) < 4.78 is 64.7. The van der Waals surface area contributed by atoms with Crippen LogP contribution in [0.4, 0.5) is 25.2 Å². The van der Waals surface area contributed by atoms with Crippen molar-refractivity contribution in [3.63, 3.8) is 0 Å². The maximum absolute atomic E-state index is 15.6. The average Bonchev–Trinajstić information content (AvgIpc) is 3.39. The number of aromatic nitrogens is 2. The second-order valence-corrected chi connectivity index (χ2v) is 15.6. The van der Waals surface area contributed by atoms with Gasteiger partial charge in [0.2, 0.25) is 21.9 Å². The third-order valence-corrected chi connectivity index (χ3v) is 10.8. The first-order valence-corrected chi connectivity index (χ1v) is 17.5. The van der Waals surface area contributed by atoms with Crippen LogP contribution in [0.15, 0.2) is 35.2 Å². The molecule has 0 spiro atoms. The monoisotopic (exact) mass is 692 g/mol. The lowest BCUT2D eigenvalue weighted by Gasteiger charge is -2.35. The van der Waals surface area contributed by atoms with Crippen LogP contribution in [0.25, 0.3) is 0 Å². The molecule has 1 aliphatic carbocycles. The van der Waals surface area contributed by atoms with Crippen LogP contribution in [0.1, 0.15) is 64.3 Å². The Labute approximate surface area is 278 Å². The van der Waals surface area contributed by atoms with Crippen molar-refractivity contribution in [3.8, 4) is 0 Å². The summed E-state index contributed by atoms with van der Waals surface area (Å²) >= 11 is 0. The molecule has 1 saturated carbocycles. The summed E-state index contributed by atoms with van der Waals surface area (Å²) in [5.41, 5.74) is -0.242. The van der Waals surface area contributed by atoms with Gasteiger partial charge in [-0.3, -0.25) is 9.59 Å². The molecule has 3 fully saturated rings. The molecule has 1 atom stereocenters. The number of piperazine rings is 1. The Kier molecular flexibility index (Phi) is 9.98. The first kappa shape index (κ1) is 35.4. The van der Waals surface area contributed by atoms with E-state index in [2.05, 4.69) is 15.3 Å². The van der Waals surface area contributed by atoms with Crippen LogP contribution in [0.3, 0.4) is 0 Å². The summed E-state index contributed by atoms with van der Waals surface area (Å²) in [7, 11) is -3.90. The van der Waals surface area contributed by atoms with Gasteiger partial charge in [0.1, 0.15) is 11.3 Å². The van der Waals surface area contributed by atoms with Crippen LogP contribution in [0.2, 0.25) is 0 Å². The molecule has 2 amide bonds. The van der Waals surface area contributed by atoms with Gasteiger partial charge < -0.3 is 25.0 Å². The zero-order valence-electron chi connectivity index (χ0n) is 27.5. The summed E-state index contributed by atoms with van der Waals surface area (Å²) in [5.74, 6) is -5.98. The molecule has 5 rings (SSSR count). The largest absolute Gasteiger partial charge is 0.481 e. The number of aliphatic carboxylic acids is 1. The molecule has 0 radical (unpaired) electrons. The number of carbonyl (C=O) groups is 3. The molecular weight excluding hydrogens is 650 g/mol. The number of alkyl halides is 2. The number of hydrogen-bond donors (Lipinski definition) is 2. The molecule has 0 unspecified atom stereocenters. The fourth-order valence-electron chi connectivity index (χ4n) is 6.38. The Morgan fingerprint density at radius 2 is 1.62 bits per heavy atom. The van der Waals surface area contributed by atoms with Gasteiger partial charge in [0, 0.05) is 56.4 Å². The lowest BCUT2D eigenvalue weighted by atomic mass is 9.78. The Hall–Kier alpha value is -3.92. The predicted octanol–water partition coefficient (Wildman–Crippen LogP) is 3.91. The number of hydrogen-bond acceptors (Lipinski definition) is 9. The molecular formula is C32H42F2N6O7S. The normalized spacial score (nSPS) is 22.9. The standard InChI is InChI=1S/C32H42F2N6O7S/c1-20-17-26(32(33,34)22-7-5-21(6-8-22)28(42)43)37-29(35-20)38-13-15-39(16-14-38)48(45,46)25-11-9-24(10-12-25)40-19-23(18-27(40)41)36-30(44)47-31(2,3)4/h9-12,17,21-23H,5-8,13-16,18-19H2,1-4H3,(H,36,44)(H,42,43)/t21-,22-,23-/m1/s1. The van der Waals surface area contributed by atoms with Gasteiger partial charge in [0.15, 0.2) is 0 Å². The van der Waals surface area contributed by atoms with E-state index in [0.29, 0.717) is 11.4 Å². The van der Waals surface area contributed by atoms with Crippen molar-refractivity contribution < 1.29 is 41.4 Å². The van der Waals surface area contributed by atoms with Crippen LogP contribution < -0.4 is 15.1 Å². The number of carbonyl (C=O) groups excluding carboxylic acids is 2. The van der Waals surface area contributed by atoms with E-state index in [0.717, 1.165) is 0 Å². The Bertz CT molecular complexity index is 1630.